The zero-order chi connectivity index (χ0) is 19.4. The molecule has 2 amide bonds. The lowest BCUT2D eigenvalue weighted by atomic mass is 9.92. The number of aromatic nitrogens is 2. The molecule has 3 rings (SSSR count). The molecule has 2 aliphatic rings. The number of piperidine rings is 1. The molecule has 0 N–H and O–H groups in total. The summed E-state index contributed by atoms with van der Waals surface area (Å²) in [6.07, 6.45) is 5.50. The second-order valence-electron chi connectivity index (χ2n) is 7.78. The predicted molar refractivity (Wildman–Crippen MR) is 104 cm³/mol. The van der Waals surface area contributed by atoms with Crippen molar-refractivity contribution < 1.29 is 9.59 Å². The van der Waals surface area contributed by atoms with Gasteiger partial charge in [-0.1, -0.05) is 0 Å². The Bertz CT molecular complexity index is 647. The summed E-state index contributed by atoms with van der Waals surface area (Å²) in [5, 5.41) is 0. The number of piperazine rings is 1. The van der Waals surface area contributed by atoms with Crippen LogP contribution in [0.5, 0.6) is 0 Å². The molecule has 0 bridgehead atoms. The van der Waals surface area contributed by atoms with Gasteiger partial charge in [0.2, 0.25) is 5.91 Å². The minimum Gasteiger partial charge on any atom is -0.361 e. The zero-order valence-electron chi connectivity index (χ0n) is 16.6. The Balaban J connectivity index is 1.46. The maximum Gasteiger partial charge on any atom is 0.274 e. The largest absolute Gasteiger partial charge is 0.361 e. The van der Waals surface area contributed by atoms with E-state index in [2.05, 4.69) is 21.9 Å². The van der Waals surface area contributed by atoms with Gasteiger partial charge in [0, 0.05) is 59.8 Å². The fraction of sp³-hybridized carbons (Fsp3) is 0.684. The van der Waals surface area contributed by atoms with Gasteiger partial charge in [-0.25, -0.2) is 9.97 Å². The summed E-state index contributed by atoms with van der Waals surface area (Å²) in [6, 6.07) is 0. The number of hydrogen-bond acceptors (Lipinski definition) is 6. The SMILES string of the molecule is CN1CCN(C(=O)CC2CCN(C(=O)c3cnc(N(C)C)cn3)CC2)CC1. The van der Waals surface area contributed by atoms with Crippen LogP contribution in [0.3, 0.4) is 0 Å². The van der Waals surface area contributed by atoms with Gasteiger partial charge in [0.15, 0.2) is 0 Å². The topological polar surface area (TPSA) is 72.9 Å². The molecule has 2 fully saturated rings. The van der Waals surface area contributed by atoms with E-state index in [0.717, 1.165) is 44.8 Å². The Morgan fingerprint density at radius 1 is 1.00 bits per heavy atom. The number of carbonyl (C=O) groups is 2. The Kier molecular flexibility index (Phi) is 6.26. The summed E-state index contributed by atoms with van der Waals surface area (Å²) < 4.78 is 0. The highest BCUT2D eigenvalue weighted by Crippen LogP contribution is 2.23. The average molecular weight is 374 g/mol. The van der Waals surface area contributed by atoms with Crippen molar-refractivity contribution >= 4 is 17.6 Å². The summed E-state index contributed by atoms with van der Waals surface area (Å²) in [5.74, 6) is 1.28. The van der Waals surface area contributed by atoms with Crippen LogP contribution in [0.25, 0.3) is 0 Å². The second kappa shape index (κ2) is 8.65. The van der Waals surface area contributed by atoms with Gasteiger partial charge >= 0.3 is 0 Å². The number of carbonyl (C=O) groups excluding carboxylic acids is 2. The van der Waals surface area contributed by atoms with Crippen molar-refractivity contribution in [3.8, 4) is 0 Å². The van der Waals surface area contributed by atoms with E-state index in [1.54, 1.807) is 12.4 Å². The third-order valence-electron chi connectivity index (χ3n) is 5.54. The minimum atomic E-state index is -0.0725. The Hall–Kier alpha value is -2.22. The first-order valence-electron chi connectivity index (χ1n) is 9.69. The fourth-order valence-corrected chi connectivity index (χ4v) is 3.60. The van der Waals surface area contributed by atoms with E-state index < -0.39 is 0 Å². The van der Waals surface area contributed by atoms with E-state index in [1.807, 2.05) is 28.8 Å². The maximum atomic E-state index is 12.6. The van der Waals surface area contributed by atoms with Crippen molar-refractivity contribution in [2.24, 2.45) is 5.92 Å². The smallest absolute Gasteiger partial charge is 0.274 e. The van der Waals surface area contributed by atoms with Crippen molar-refractivity contribution in [2.75, 3.05) is 65.3 Å². The van der Waals surface area contributed by atoms with Crippen LogP contribution in [0.1, 0.15) is 29.8 Å². The molecule has 3 heterocycles. The Labute approximate surface area is 161 Å². The standard InChI is InChI=1S/C19H30N6O2/c1-22(2)17-14-20-16(13-21-17)19(27)25-6-4-15(5-7-25)12-18(26)24-10-8-23(3)9-11-24/h13-15H,4-12H2,1-3H3. The number of likely N-dealkylation sites (N-methyl/N-ethyl adjacent to an activating group) is 1. The number of rotatable bonds is 4. The van der Waals surface area contributed by atoms with Crippen LogP contribution in [-0.2, 0) is 4.79 Å². The van der Waals surface area contributed by atoms with Crippen LogP contribution < -0.4 is 4.90 Å². The molecule has 8 nitrogen and oxygen atoms in total. The summed E-state index contributed by atoms with van der Waals surface area (Å²) in [4.78, 5) is 41.6. The summed E-state index contributed by atoms with van der Waals surface area (Å²) >= 11 is 0. The quantitative estimate of drug-likeness (QED) is 0.767. The fourth-order valence-electron chi connectivity index (χ4n) is 3.60. The Morgan fingerprint density at radius 2 is 1.67 bits per heavy atom. The summed E-state index contributed by atoms with van der Waals surface area (Å²) in [5.41, 5.74) is 0.382. The molecule has 2 aliphatic heterocycles. The number of nitrogens with zero attached hydrogens (tertiary/aromatic N) is 6. The van der Waals surface area contributed by atoms with Gasteiger partial charge < -0.3 is 19.6 Å². The van der Waals surface area contributed by atoms with Crippen LogP contribution in [-0.4, -0.2) is 96.9 Å². The third-order valence-corrected chi connectivity index (χ3v) is 5.54. The highest BCUT2D eigenvalue weighted by molar-refractivity contribution is 5.92. The minimum absolute atomic E-state index is 0.0725. The molecule has 0 aromatic carbocycles. The molecule has 2 saturated heterocycles. The molecule has 0 spiro atoms. The molecule has 0 aliphatic carbocycles. The number of anilines is 1. The van der Waals surface area contributed by atoms with Gasteiger partial charge in [0.1, 0.15) is 11.5 Å². The lowest BCUT2D eigenvalue weighted by Gasteiger charge is -2.35. The highest BCUT2D eigenvalue weighted by Gasteiger charge is 2.28. The summed E-state index contributed by atoms with van der Waals surface area (Å²) in [6.45, 7) is 4.91. The molecule has 0 radical (unpaired) electrons. The first kappa shape index (κ1) is 19.5. The van der Waals surface area contributed by atoms with Gasteiger partial charge in [-0.2, -0.15) is 0 Å². The molecule has 148 valence electrons. The number of likely N-dealkylation sites (tertiary alicyclic amines) is 1. The van der Waals surface area contributed by atoms with E-state index in [1.165, 1.54) is 0 Å². The van der Waals surface area contributed by atoms with E-state index in [-0.39, 0.29) is 11.8 Å². The van der Waals surface area contributed by atoms with Crippen molar-refractivity contribution in [3.05, 3.63) is 18.1 Å². The normalized spacial score (nSPS) is 19.2. The van der Waals surface area contributed by atoms with Gasteiger partial charge in [0.25, 0.3) is 5.91 Å². The van der Waals surface area contributed by atoms with Gasteiger partial charge in [0.05, 0.1) is 12.4 Å². The van der Waals surface area contributed by atoms with E-state index in [4.69, 9.17) is 0 Å². The van der Waals surface area contributed by atoms with E-state index in [9.17, 15) is 9.59 Å². The van der Waals surface area contributed by atoms with Gasteiger partial charge in [-0.05, 0) is 25.8 Å². The molecular weight excluding hydrogens is 344 g/mol. The molecule has 0 atom stereocenters. The first-order valence-corrected chi connectivity index (χ1v) is 9.69. The number of amides is 2. The van der Waals surface area contributed by atoms with Crippen molar-refractivity contribution in [1.29, 1.82) is 0 Å². The van der Waals surface area contributed by atoms with Crippen molar-refractivity contribution in [3.63, 3.8) is 0 Å². The Morgan fingerprint density at radius 3 is 2.22 bits per heavy atom. The van der Waals surface area contributed by atoms with Crippen LogP contribution in [0.15, 0.2) is 12.4 Å². The molecule has 1 aromatic heterocycles. The lowest BCUT2D eigenvalue weighted by Crippen LogP contribution is -2.48. The molecule has 27 heavy (non-hydrogen) atoms. The highest BCUT2D eigenvalue weighted by atomic mass is 16.2. The van der Waals surface area contributed by atoms with Crippen LogP contribution >= 0.6 is 0 Å². The maximum absolute atomic E-state index is 12.6. The molecular formula is C19H30N6O2. The third kappa shape index (κ3) is 4.94. The monoisotopic (exact) mass is 374 g/mol. The zero-order valence-corrected chi connectivity index (χ0v) is 16.6. The molecule has 8 heteroatoms. The van der Waals surface area contributed by atoms with Gasteiger partial charge in [-0.3, -0.25) is 9.59 Å². The van der Waals surface area contributed by atoms with E-state index >= 15 is 0 Å². The molecule has 0 unspecified atom stereocenters. The molecule has 0 saturated carbocycles. The van der Waals surface area contributed by atoms with Gasteiger partial charge in [-0.15, -0.1) is 0 Å². The van der Waals surface area contributed by atoms with Crippen molar-refractivity contribution in [1.82, 2.24) is 24.7 Å². The van der Waals surface area contributed by atoms with Crippen LogP contribution in [0.2, 0.25) is 0 Å². The lowest BCUT2D eigenvalue weighted by molar-refractivity contribution is -0.134. The van der Waals surface area contributed by atoms with Crippen molar-refractivity contribution in [2.45, 2.75) is 19.3 Å². The van der Waals surface area contributed by atoms with Crippen LogP contribution in [0, 0.1) is 5.92 Å². The van der Waals surface area contributed by atoms with E-state index in [0.29, 0.717) is 31.1 Å². The predicted octanol–water partition coefficient (Wildman–Crippen LogP) is 0.559. The first-order chi connectivity index (χ1) is 12.9. The number of hydrogen-bond donors (Lipinski definition) is 0. The average Bonchev–Trinajstić information content (AvgIpc) is 2.68. The van der Waals surface area contributed by atoms with Crippen LogP contribution in [0.4, 0.5) is 5.82 Å². The molecule has 1 aromatic rings. The second-order valence-corrected chi connectivity index (χ2v) is 7.78. The summed E-state index contributed by atoms with van der Waals surface area (Å²) in [7, 11) is 5.87.